The predicted octanol–water partition coefficient (Wildman–Crippen LogP) is -4.28. The van der Waals surface area contributed by atoms with E-state index in [-0.39, 0.29) is 35.7 Å². The molecule has 0 radical (unpaired) electrons. The van der Waals surface area contributed by atoms with E-state index in [4.69, 9.17) is 14.7 Å². The topological polar surface area (TPSA) is 162 Å². The van der Waals surface area contributed by atoms with Crippen molar-refractivity contribution >= 4 is 15.6 Å². The third-order valence-electron chi connectivity index (χ3n) is 0.210. The SMILES string of the molecule is N.O=P([O-])(O)OP(=O)(O)O.[Na+]. The second kappa shape index (κ2) is 5.80. The van der Waals surface area contributed by atoms with E-state index in [1.54, 1.807) is 0 Å². The molecule has 64 valence electrons. The third-order valence-corrected chi connectivity index (χ3v) is 1.89. The van der Waals surface area contributed by atoms with E-state index < -0.39 is 15.6 Å². The molecule has 0 saturated carbocycles. The summed E-state index contributed by atoms with van der Waals surface area (Å²) in [5.74, 6) is 0. The zero-order valence-electron chi connectivity index (χ0n) is 5.58. The van der Waals surface area contributed by atoms with Crippen LogP contribution in [-0.4, -0.2) is 14.7 Å². The van der Waals surface area contributed by atoms with Crippen molar-refractivity contribution in [2.45, 2.75) is 0 Å². The quantitative estimate of drug-likeness (QED) is 0.266. The first-order chi connectivity index (χ1) is 3.71. The van der Waals surface area contributed by atoms with E-state index in [9.17, 15) is 14.0 Å². The molecule has 0 rings (SSSR count). The molecule has 0 aromatic rings. The average Bonchev–Trinajstić information content (AvgIpc) is 1.14. The molecular formula is H6NNaO7P2. The molecule has 0 amide bonds. The van der Waals surface area contributed by atoms with Crippen LogP contribution in [0.1, 0.15) is 0 Å². The van der Waals surface area contributed by atoms with Gasteiger partial charge in [-0.05, 0) is 0 Å². The van der Waals surface area contributed by atoms with Crippen LogP contribution in [0.3, 0.4) is 0 Å². The Morgan fingerprint density at radius 2 is 1.45 bits per heavy atom. The van der Waals surface area contributed by atoms with E-state index >= 15 is 0 Å². The van der Waals surface area contributed by atoms with Crippen LogP contribution in [0.5, 0.6) is 0 Å². The Hall–Kier alpha value is 1.22. The molecular weight excluding hydrogens is 211 g/mol. The molecule has 0 bridgehead atoms. The van der Waals surface area contributed by atoms with Crippen molar-refractivity contribution in [1.82, 2.24) is 6.15 Å². The molecule has 0 aliphatic rings. The van der Waals surface area contributed by atoms with E-state index in [1.807, 2.05) is 0 Å². The van der Waals surface area contributed by atoms with Gasteiger partial charge in [0.05, 0.1) is 0 Å². The summed E-state index contributed by atoms with van der Waals surface area (Å²) in [6.45, 7) is 0. The van der Waals surface area contributed by atoms with Gasteiger partial charge in [0, 0.05) is 0 Å². The maximum atomic E-state index is 9.59. The Bertz CT molecular complexity index is 157. The van der Waals surface area contributed by atoms with Crippen molar-refractivity contribution in [2.24, 2.45) is 0 Å². The Kier molecular flexibility index (Phi) is 9.53. The largest absolute Gasteiger partial charge is 1.00 e. The van der Waals surface area contributed by atoms with Crippen LogP contribution >= 0.6 is 15.6 Å². The van der Waals surface area contributed by atoms with Gasteiger partial charge in [-0.1, -0.05) is 0 Å². The normalized spacial score (nSPS) is 15.6. The third kappa shape index (κ3) is 18.3. The molecule has 0 aliphatic carbocycles. The van der Waals surface area contributed by atoms with Crippen molar-refractivity contribution in [3.05, 3.63) is 0 Å². The predicted molar refractivity (Wildman–Crippen MR) is 28.0 cm³/mol. The van der Waals surface area contributed by atoms with Crippen LogP contribution in [0.15, 0.2) is 0 Å². The van der Waals surface area contributed by atoms with Crippen molar-refractivity contribution in [3.8, 4) is 0 Å². The second-order valence-corrected chi connectivity index (χ2v) is 3.61. The summed E-state index contributed by atoms with van der Waals surface area (Å²) < 4.78 is 21.9. The fraction of sp³-hybridized carbons (Fsp3) is 0. The molecule has 0 saturated heterocycles. The Morgan fingerprint density at radius 1 is 1.18 bits per heavy atom. The summed E-state index contributed by atoms with van der Waals surface area (Å²) >= 11 is 0. The number of phosphoric acid groups is 2. The van der Waals surface area contributed by atoms with E-state index in [0.29, 0.717) is 0 Å². The van der Waals surface area contributed by atoms with E-state index in [2.05, 4.69) is 4.31 Å². The Labute approximate surface area is 84.3 Å². The van der Waals surface area contributed by atoms with Gasteiger partial charge in [-0.2, -0.15) is 0 Å². The molecule has 0 fully saturated rings. The monoisotopic (exact) mass is 217 g/mol. The fourth-order valence-corrected chi connectivity index (χ4v) is 1.21. The van der Waals surface area contributed by atoms with E-state index in [1.165, 1.54) is 0 Å². The minimum absolute atomic E-state index is 0. The first kappa shape index (κ1) is 18.1. The molecule has 1 unspecified atom stereocenters. The first-order valence-corrected chi connectivity index (χ1v) is 4.54. The summed E-state index contributed by atoms with van der Waals surface area (Å²) in [6, 6.07) is 0. The molecule has 0 heterocycles. The van der Waals surface area contributed by atoms with Gasteiger partial charge in [-0.15, -0.1) is 0 Å². The number of hydrogen-bond donors (Lipinski definition) is 4. The van der Waals surface area contributed by atoms with Crippen LogP contribution in [0.2, 0.25) is 0 Å². The average molecular weight is 217 g/mol. The zero-order valence-corrected chi connectivity index (χ0v) is 9.37. The summed E-state index contributed by atoms with van der Waals surface area (Å²) in [7, 11) is -10.4. The molecule has 11 heteroatoms. The molecule has 11 heavy (non-hydrogen) atoms. The second-order valence-electron chi connectivity index (χ2n) is 1.04. The maximum Gasteiger partial charge on any atom is 1.00 e. The Balaban J connectivity index is -0.000000320. The summed E-state index contributed by atoms with van der Waals surface area (Å²) in [5, 5.41) is 0. The minimum atomic E-state index is -5.30. The Morgan fingerprint density at radius 3 is 1.45 bits per heavy atom. The molecule has 1 atom stereocenters. The van der Waals surface area contributed by atoms with Crippen molar-refractivity contribution < 1.29 is 62.6 Å². The van der Waals surface area contributed by atoms with Crippen LogP contribution in [0.4, 0.5) is 0 Å². The van der Waals surface area contributed by atoms with Crippen molar-refractivity contribution in [2.75, 3.05) is 0 Å². The van der Waals surface area contributed by atoms with Crippen LogP contribution in [0.25, 0.3) is 0 Å². The molecule has 0 aromatic heterocycles. The number of rotatable bonds is 2. The van der Waals surface area contributed by atoms with E-state index in [0.717, 1.165) is 0 Å². The van der Waals surface area contributed by atoms with Crippen LogP contribution in [-0.2, 0) is 13.4 Å². The van der Waals surface area contributed by atoms with Gasteiger partial charge in [0.2, 0.25) is 0 Å². The number of hydrogen-bond acceptors (Lipinski definition) is 5. The zero-order chi connectivity index (χ0) is 7.71. The van der Waals surface area contributed by atoms with Gasteiger partial charge in [-0.3, -0.25) is 4.57 Å². The maximum absolute atomic E-state index is 9.59. The van der Waals surface area contributed by atoms with Gasteiger partial charge in [0.1, 0.15) is 0 Å². The summed E-state index contributed by atoms with van der Waals surface area (Å²) in [5.41, 5.74) is 0. The minimum Gasteiger partial charge on any atom is -0.756 e. The van der Waals surface area contributed by atoms with Gasteiger partial charge in [0.15, 0.2) is 0 Å². The molecule has 0 aromatic carbocycles. The van der Waals surface area contributed by atoms with Gasteiger partial charge < -0.3 is 25.7 Å². The van der Waals surface area contributed by atoms with Crippen LogP contribution in [0, 0.1) is 0 Å². The van der Waals surface area contributed by atoms with Crippen molar-refractivity contribution in [3.63, 3.8) is 0 Å². The van der Waals surface area contributed by atoms with Gasteiger partial charge in [0.25, 0.3) is 7.82 Å². The van der Waals surface area contributed by atoms with Crippen molar-refractivity contribution in [1.29, 1.82) is 0 Å². The summed E-state index contributed by atoms with van der Waals surface area (Å²) in [4.78, 5) is 32.6. The molecule has 0 aliphatic heterocycles. The summed E-state index contributed by atoms with van der Waals surface area (Å²) in [6.07, 6.45) is 0. The van der Waals surface area contributed by atoms with Crippen LogP contribution < -0.4 is 40.6 Å². The molecule has 0 spiro atoms. The first-order valence-electron chi connectivity index (χ1n) is 1.51. The molecule has 6 N–H and O–H groups in total. The molecule has 8 nitrogen and oxygen atoms in total. The standard InChI is InChI=1S/H3N.Na.H4O7P2/c;;1-8(2,3)7-9(4,5)6/h1H3;;(H2,1,2,3)(H2,4,5,6)/q;+1;/p-1. The smallest absolute Gasteiger partial charge is 0.756 e. The van der Waals surface area contributed by atoms with Gasteiger partial charge in [-0.25, -0.2) is 8.88 Å². The fourth-order valence-electron chi connectivity index (χ4n) is 0.134. The van der Waals surface area contributed by atoms with Gasteiger partial charge >= 0.3 is 37.4 Å².